The fourth-order valence-corrected chi connectivity index (χ4v) is 2.64. The topological polar surface area (TPSA) is 90.2 Å². The summed E-state index contributed by atoms with van der Waals surface area (Å²) in [5.41, 5.74) is 0. The first-order valence-corrected chi connectivity index (χ1v) is 7.91. The summed E-state index contributed by atoms with van der Waals surface area (Å²) in [6.45, 7) is -0.565. The van der Waals surface area contributed by atoms with Crippen molar-refractivity contribution in [1.29, 1.82) is 0 Å². The van der Waals surface area contributed by atoms with Gasteiger partial charge < -0.3 is 25.2 Å². The van der Waals surface area contributed by atoms with Crippen molar-refractivity contribution in [3.05, 3.63) is 0 Å². The maximum atomic E-state index is 9.73. The molecule has 5 nitrogen and oxygen atoms in total. The SMILES string of the molecule is OCC(O)C(O)C(O)COC1CCCCCCCCC1. The van der Waals surface area contributed by atoms with Gasteiger partial charge >= 0.3 is 0 Å². The zero-order valence-electron chi connectivity index (χ0n) is 12.3. The second-order valence-corrected chi connectivity index (χ2v) is 5.82. The highest BCUT2D eigenvalue weighted by molar-refractivity contribution is 4.75. The van der Waals surface area contributed by atoms with Crippen LogP contribution < -0.4 is 0 Å². The first-order chi connectivity index (χ1) is 9.65. The summed E-state index contributed by atoms with van der Waals surface area (Å²) in [4.78, 5) is 0. The van der Waals surface area contributed by atoms with E-state index in [2.05, 4.69) is 0 Å². The molecule has 0 bridgehead atoms. The van der Waals surface area contributed by atoms with Crippen LogP contribution in [0.3, 0.4) is 0 Å². The van der Waals surface area contributed by atoms with Crippen molar-refractivity contribution >= 4 is 0 Å². The average Bonchev–Trinajstić information content (AvgIpc) is 2.48. The average molecular weight is 290 g/mol. The molecule has 0 aliphatic heterocycles. The van der Waals surface area contributed by atoms with E-state index in [-0.39, 0.29) is 12.7 Å². The van der Waals surface area contributed by atoms with E-state index in [4.69, 9.17) is 9.84 Å². The molecule has 3 unspecified atom stereocenters. The second kappa shape index (κ2) is 10.5. The maximum Gasteiger partial charge on any atom is 0.110 e. The fourth-order valence-electron chi connectivity index (χ4n) is 2.64. The van der Waals surface area contributed by atoms with E-state index in [1.165, 1.54) is 32.1 Å². The van der Waals surface area contributed by atoms with E-state index >= 15 is 0 Å². The molecule has 1 fully saturated rings. The van der Waals surface area contributed by atoms with E-state index in [0.29, 0.717) is 0 Å². The molecule has 0 aromatic carbocycles. The van der Waals surface area contributed by atoms with Crippen LogP contribution in [0.25, 0.3) is 0 Å². The van der Waals surface area contributed by atoms with Crippen LogP contribution in [0.2, 0.25) is 0 Å². The Balaban J connectivity index is 2.29. The Kier molecular flexibility index (Phi) is 9.39. The quantitative estimate of drug-likeness (QED) is 0.585. The summed E-state index contributed by atoms with van der Waals surface area (Å²) in [6.07, 6.45) is 6.92. The normalized spacial score (nSPS) is 24.0. The highest BCUT2D eigenvalue weighted by Crippen LogP contribution is 2.19. The molecule has 0 heterocycles. The summed E-state index contributed by atoms with van der Waals surface area (Å²) < 4.78 is 5.69. The van der Waals surface area contributed by atoms with Crippen molar-refractivity contribution in [1.82, 2.24) is 0 Å². The monoisotopic (exact) mass is 290 g/mol. The molecule has 0 radical (unpaired) electrons. The lowest BCUT2D eigenvalue weighted by Gasteiger charge is -2.25. The number of ether oxygens (including phenoxy) is 1. The predicted octanol–water partition coefficient (Wildman–Crippen LogP) is 0.971. The molecule has 1 saturated carbocycles. The van der Waals surface area contributed by atoms with Crippen LogP contribution in [-0.2, 0) is 4.74 Å². The predicted molar refractivity (Wildman–Crippen MR) is 76.4 cm³/mol. The summed E-state index contributed by atoms with van der Waals surface area (Å²) in [5, 5.41) is 37.3. The number of rotatable bonds is 6. The third kappa shape index (κ3) is 6.99. The minimum Gasteiger partial charge on any atom is -0.394 e. The molecule has 0 aromatic heterocycles. The van der Waals surface area contributed by atoms with Gasteiger partial charge in [0.15, 0.2) is 0 Å². The zero-order chi connectivity index (χ0) is 14.8. The van der Waals surface area contributed by atoms with Gasteiger partial charge in [-0.05, 0) is 12.8 Å². The molecule has 20 heavy (non-hydrogen) atoms. The van der Waals surface area contributed by atoms with Crippen molar-refractivity contribution in [2.24, 2.45) is 0 Å². The number of hydrogen-bond acceptors (Lipinski definition) is 5. The summed E-state index contributed by atoms with van der Waals surface area (Å²) in [7, 11) is 0. The van der Waals surface area contributed by atoms with Crippen molar-refractivity contribution in [3.63, 3.8) is 0 Å². The van der Waals surface area contributed by atoms with Crippen LogP contribution in [0.4, 0.5) is 0 Å². The van der Waals surface area contributed by atoms with Gasteiger partial charge in [0.05, 0.1) is 19.3 Å². The molecule has 1 aliphatic carbocycles. The van der Waals surface area contributed by atoms with Gasteiger partial charge in [0, 0.05) is 0 Å². The molecule has 4 N–H and O–H groups in total. The van der Waals surface area contributed by atoms with E-state index in [1.54, 1.807) is 0 Å². The summed E-state index contributed by atoms with van der Waals surface area (Å²) >= 11 is 0. The lowest BCUT2D eigenvalue weighted by molar-refractivity contribution is -0.111. The van der Waals surface area contributed by atoms with Gasteiger partial charge in [-0.2, -0.15) is 0 Å². The van der Waals surface area contributed by atoms with Crippen molar-refractivity contribution in [3.8, 4) is 0 Å². The van der Waals surface area contributed by atoms with Gasteiger partial charge in [-0.25, -0.2) is 0 Å². The lowest BCUT2D eigenvalue weighted by atomic mass is 9.99. The summed E-state index contributed by atoms with van der Waals surface area (Å²) in [6, 6.07) is 0. The van der Waals surface area contributed by atoms with Crippen molar-refractivity contribution < 1.29 is 25.2 Å². The first-order valence-electron chi connectivity index (χ1n) is 7.91. The van der Waals surface area contributed by atoms with Gasteiger partial charge in [0.25, 0.3) is 0 Å². The summed E-state index contributed by atoms with van der Waals surface area (Å²) in [5.74, 6) is 0. The number of aliphatic hydroxyl groups is 4. The van der Waals surface area contributed by atoms with Crippen LogP contribution in [0.15, 0.2) is 0 Å². The minimum atomic E-state index is -1.36. The Labute approximate surface area is 121 Å². The van der Waals surface area contributed by atoms with Crippen molar-refractivity contribution in [2.45, 2.75) is 82.2 Å². The highest BCUT2D eigenvalue weighted by atomic mass is 16.5. The van der Waals surface area contributed by atoms with Crippen LogP contribution in [0, 0.1) is 0 Å². The van der Waals surface area contributed by atoms with Crippen LogP contribution in [0.1, 0.15) is 57.8 Å². The van der Waals surface area contributed by atoms with E-state index in [9.17, 15) is 15.3 Å². The molecule has 1 aliphatic rings. The largest absolute Gasteiger partial charge is 0.394 e. The minimum absolute atomic E-state index is 0.00287. The molecule has 1 rings (SSSR count). The smallest absolute Gasteiger partial charge is 0.110 e. The molecular weight excluding hydrogens is 260 g/mol. The van der Waals surface area contributed by atoms with Gasteiger partial charge in [-0.3, -0.25) is 0 Å². The van der Waals surface area contributed by atoms with Crippen LogP contribution in [0.5, 0.6) is 0 Å². The van der Waals surface area contributed by atoms with Gasteiger partial charge in [0.1, 0.15) is 18.3 Å². The van der Waals surface area contributed by atoms with Crippen molar-refractivity contribution in [2.75, 3.05) is 13.2 Å². The van der Waals surface area contributed by atoms with Gasteiger partial charge in [0.2, 0.25) is 0 Å². The molecule has 0 aromatic rings. The maximum absolute atomic E-state index is 9.73. The number of hydrogen-bond donors (Lipinski definition) is 4. The lowest BCUT2D eigenvalue weighted by Crippen LogP contribution is -2.42. The molecule has 5 heteroatoms. The Morgan fingerprint density at radius 3 is 1.80 bits per heavy atom. The molecular formula is C15H30O5. The first kappa shape index (κ1) is 17.9. The molecule has 0 amide bonds. The standard InChI is InChI=1S/C15H30O5/c16-10-13(17)15(19)14(18)11-20-12-8-6-4-2-1-3-5-7-9-12/h12-19H,1-11H2. The highest BCUT2D eigenvalue weighted by Gasteiger charge is 2.25. The van der Waals surface area contributed by atoms with Gasteiger partial charge in [-0.15, -0.1) is 0 Å². The third-order valence-electron chi connectivity index (χ3n) is 4.03. The second-order valence-electron chi connectivity index (χ2n) is 5.82. The molecule has 3 atom stereocenters. The Hall–Kier alpha value is -0.200. The zero-order valence-corrected chi connectivity index (χ0v) is 12.3. The third-order valence-corrected chi connectivity index (χ3v) is 4.03. The van der Waals surface area contributed by atoms with Crippen LogP contribution in [-0.4, -0.2) is 58.1 Å². The van der Waals surface area contributed by atoms with E-state index in [1.807, 2.05) is 0 Å². The Bertz CT molecular complexity index is 226. The van der Waals surface area contributed by atoms with Crippen LogP contribution >= 0.6 is 0 Å². The van der Waals surface area contributed by atoms with E-state index in [0.717, 1.165) is 25.7 Å². The molecule has 0 saturated heterocycles. The Morgan fingerprint density at radius 2 is 1.30 bits per heavy atom. The Morgan fingerprint density at radius 1 is 0.800 bits per heavy atom. The number of aliphatic hydroxyl groups excluding tert-OH is 4. The van der Waals surface area contributed by atoms with Gasteiger partial charge in [-0.1, -0.05) is 44.9 Å². The van der Waals surface area contributed by atoms with E-state index < -0.39 is 24.9 Å². The fraction of sp³-hybridized carbons (Fsp3) is 1.00. The molecule has 0 spiro atoms. The molecule has 120 valence electrons.